The second kappa shape index (κ2) is 13.2. The van der Waals surface area contributed by atoms with Gasteiger partial charge in [0.2, 0.25) is 5.91 Å². The fraction of sp³-hybridized carbons (Fsp3) is 0.400. The number of methoxy groups -OCH3 is 1. The number of carbonyl (C=O) groups excluding carboxylic acids is 1. The minimum atomic E-state index is 0.0964. The highest BCUT2D eigenvalue weighted by molar-refractivity contribution is 5.83. The van der Waals surface area contributed by atoms with Crippen molar-refractivity contribution in [3.63, 3.8) is 0 Å². The van der Waals surface area contributed by atoms with E-state index in [0.717, 1.165) is 35.4 Å². The van der Waals surface area contributed by atoms with Crippen LogP contribution in [0.1, 0.15) is 56.9 Å². The summed E-state index contributed by atoms with van der Waals surface area (Å²) in [5, 5.41) is 1.22. The highest BCUT2D eigenvalue weighted by Crippen LogP contribution is 2.24. The maximum atomic E-state index is 14.0. The van der Waals surface area contributed by atoms with Crippen LogP contribution >= 0.6 is 0 Å². The molecule has 5 nitrogen and oxygen atoms in total. The molecule has 0 radical (unpaired) electrons. The molecule has 0 unspecified atom stereocenters. The van der Waals surface area contributed by atoms with Gasteiger partial charge in [-0.2, -0.15) is 0 Å². The number of amides is 1. The van der Waals surface area contributed by atoms with Gasteiger partial charge in [-0.1, -0.05) is 95.3 Å². The van der Waals surface area contributed by atoms with Crippen LogP contribution in [-0.4, -0.2) is 47.4 Å². The fourth-order valence-corrected chi connectivity index (χ4v) is 5.28. The van der Waals surface area contributed by atoms with E-state index in [4.69, 9.17) is 4.74 Å². The average molecular weight is 540 g/mol. The number of aromatic amines is 1. The number of fused-ring (bicyclic) bond motifs is 1. The average Bonchev–Trinajstić information content (AvgIpc) is 3.33. The Bertz CT molecular complexity index is 1380. The Morgan fingerprint density at radius 3 is 2.30 bits per heavy atom. The van der Waals surface area contributed by atoms with Crippen LogP contribution in [0.25, 0.3) is 10.9 Å². The van der Waals surface area contributed by atoms with Crippen molar-refractivity contribution in [1.82, 2.24) is 14.8 Å². The van der Waals surface area contributed by atoms with Gasteiger partial charge in [0.05, 0.1) is 13.7 Å². The van der Waals surface area contributed by atoms with Gasteiger partial charge in [-0.15, -0.1) is 0 Å². The zero-order chi connectivity index (χ0) is 28.7. The second-order valence-corrected chi connectivity index (χ2v) is 12.2. The van der Waals surface area contributed by atoms with Crippen molar-refractivity contribution < 1.29 is 9.53 Å². The summed E-state index contributed by atoms with van der Waals surface area (Å²) in [5.74, 6) is 1.45. The molecule has 1 N–H and O–H groups in total. The molecule has 4 aromatic rings. The topological polar surface area (TPSA) is 48.6 Å². The normalized spacial score (nSPS) is 11.9. The first-order valence-corrected chi connectivity index (χ1v) is 14.4. The smallest absolute Gasteiger partial charge is 0.237 e. The number of benzene rings is 3. The standard InChI is InChI=1S/C35H45N3O2/c1-26(2)22-37(24-29-11-7-10-14-33(29)40-6)25-34(39)38(23-27-15-17-30(18-16-27)35(3,4)5)20-19-28-21-36-32-13-9-8-12-31(28)32/h7-18,21,26,36H,19-20,22-25H2,1-6H3. The lowest BCUT2D eigenvalue weighted by atomic mass is 9.87. The molecule has 0 atom stereocenters. The third kappa shape index (κ3) is 7.76. The number of para-hydroxylation sites is 2. The number of ether oxygens (including phenoxy) is 1. The van der Waals surface area contributed by atoms with Crippen molar-refractivity contribution in [2.75, 3.05) is 26.7 Å². The molecule has 0 aliphatic carbocycles. The van der Waals surface area contributed by atoms with Gasteiger partial charge in [0.25, 0.3) is 0 Å². The third-order valence-electron chi connectivity index (χ3n) is 7.44. The second-order valence-electron chi connectivity index (χ2n) is 12.2. The molecule has 0 saturated carbocycles. The SMILES string of the molecule is COc1ccccc1CN(CC(=O)N(CCc1c[nH]c2ccccc12)Cc1ccc(C(C)(C)C)cc1)CC(C)C. The van der Waals surface area contributed by atoms with Gasteiger partial charge in [-0.05, 0) is 46.6 Å². The summed E-state index contributed by atoms with van der Waals surface area (Å²) in [4.78, 5) is 21.6. The van der Waals surface area contributed by atoms with Gasteiger partial charge in [-0.3, -0.25) is 9.69 Å². The predicted octanol–water partition coefficient (Wildman–Crippen LogP) is 7.20. The summed E-state index contributed by atoms with van der Waals surface area (Å²) in [6.07, 6.45) is 2.88. The van der Waals surface area contributed by atoms with Crippen LogP contribution in [0.4, 0.5) is 0 Å². The van der Waals surface area contributed by atoms with Crippen molar-refractivity contribution in [2.24, 2.45) is 5.92 Å². The molecule has 0 bridgehead atoms. The Kier molecular flexibility index (Phi) is 9.70. The molecule has 0 fully saturated rings. The van der Waals surface area contributed by atoms with E-state index in [2.05, 4.69) is 99.2 Å². The largest absolute Gasteiger partial charge is 0.496 e. The lowest BCUT2D eigenvalue weighted by Crippen LogP contribution is -2.42. The van der Waals surface area contributed by atoms with Crippen molar-refractivity contribution in [3.8, 4) is 5.75 Å². The minimum absolute atomic E-state index is 0.0964. The Hall–Kier alpha value is -3.57. The minimum Gasteiger partial charge on any atom is -0.496 e. The van der Waals surface area contributed by atoms with E-state index < -0.39 is 0 Å². The molecule has 3 aromatic carbocycles. The number of H-pyrrole nitrogens is 1. The number of hydrogen-bond donors (Lipinski definition) is 1. The van der Waals surface area contributed by atoms with Gasteiger partial charge < -0.3 is 14.6 Å². The molecule has 0 aliphatic rings. The molecule has 5 heteroatoms. The zero-order valence-corrected chi connectivity index (χ0v) is 25.0. The molecular formula is C35H45N3O2. The summed E-state index contributed by atoms with van der Waals surface area (Å²) in [6.45, 7) is 14.2. The first kappa shape index (κ1) is 29.4. The van der Waals surface area contributed by atoms with Crippen molar-refractivity contribution in [2.45, 2.75) is 59.5 Å². The van der Waals surface area contributed by atoms with E-state index in [-0.39, 0.29) is 11.3 Å². The highest BCUT2D eigenvalue weighted by atomic mass is 16.5. The van der Waals surface area contributed by atoms with Gasteiger partial charge >= 0.3 is 0 Å². The van der Waals surface area contributed by atoms with Crippen LogP contribution in [0.3, 0.4) is 0 Å². The molecule has 0 spiro atoms. The number of aromatic nitrogens is 1. The molecule has 0 aliphatic heterocycles. The summed E-state index contributed by atoms with van der Waals surface area (Å²) in [7, 11) is 1.70. The molecule has 1 aromatic heterocycles. The molecule has 212 valence electrons. The van der Waals surface area contributed by atoms with Crippen LogP contribution < -0.4 is 4.74 Å². The quantitative estimate of drug-likeness (QED) is 0.207. The van der Waals surface area contributed by atoms with E-state index >= 15 is 0 Å². The summed E-state index contributed by atoms with van der Waals surface area (Å²) in [5.41, 5.74) is 6.02. The van der Waals surface area contributed by atoms with Crippen LogP contribution in [0.5, 0.6) is 5.75 Å². The number of hydrogen-bond acceptors (Lipinski definition) is 3. The van der Waals surface area contributed by atoms with E-state index in [9.17, 15) is 4.79 Å². The van der Waals surface area contributed by atoms with E-state index in [1.165, 1.54) is 16.5 Å². The summed E-state index contributed by atoms with van der Waals surface area (Å²) >= 11 is 0. The first-order chi connectivity index (χ1) is 19.1. The Balaban J connectivity index is 1.55. The van der Waals surface area contributed by atoms with Crippen molar-refractivity contribution in [1.29, 1.82) is 0 Å². The molecule has 0 saturated heterocycles. The van der Waals surface area contributed by atoms with Gasteiger partial charge in [0.15, 0.2) is 0 Å². The van der Waals surface area contributed by atoms with Gasteiger partial charge in [0, 0.05) is 48.8 Å². The lowest BCUT2D eigenvalue weighted by Gasteiger charge is -2.29. The third-order valence-corrected chi connectivity index (χ3v) is 7.44. The highest BCUT2D eigenvalue weighted by Gasteiger charge is 2.21. The van der Waals surface area contributed by atoms with Crippen LogP contribution in [0, 0.1) is 5.92 Å². The Labute approximate surface area is 240 Å². The predicted molar refractivity (Wildman–Crippen MR) is 166 cm³/mol. The Morgan fingerprint density at radius 2 is 1.60 bits per heavy atom. The first-order valence-electron chi connectivity index (χ1n) is 14.4. The summed E-state index contributed by atoms with van der Waals surface area (Å²) < 4.78 is 5.61. The van der Waals surface area contributed by atoms with Gasteiger partial charge in [0.1, 0.15) is 5.75 Å². The number of nitrogens with one attached hydrogen (secondary N) is 1. The molecule has 1 amide bonds. The monoisotopic (exact) mass is 539 g/mol. The van der Waals surface area contributed by atoms with Gasteiger partial charge in [-0.25, -0.2) is 0 Å². The Morgan fingerprint density at radius 1 is 0.900 bits per heavy atom. The lowest BCUT2D eigenvalue weighted by molar-refractivity contribution is -0.133. The number of carbonyl (C=O) groups is 1. The number of nitrogens with zero attached hydrogens (tertiary/aromatic N) is 2. The molecular weight excluding hydrogens is 494 g/mol. The van der Waals surface area contributed by atoms with Crippen molar-refractivity contribution in [3.05, 3.63) is 101 Å². The van der Waals surface area contributed by atoms with E-state index in [1.807, 2.05) is 29.2 Å². The van der Waals surface area contributed by atoms with E-state index in [0.29, 0.717) is 32.1 Å². The maximum absolute atomic E-state index is 14.0. The fourth-order valence-electron chi connectivity index (χ4n) is 5.28. The van der Waals surface area contributed by atoms with E-state index in [1.54, 1.807) is 7.11 Å². The van der Waals surface area contributed by atoms with Crippen molar-refractivity contribution >= 4 is 16.8 Å². The molecule has 1 heterocycles. The molecule has 4 rings (SSSR count). The number of rotatable bonds is 12. The summed E-state index contributed by atoms with van der Waals surface area (Å²) in [6, 6.07) is 25.2. The van der Waals surface area contributed by atoms with Crippen LogP contribution in [-0.2, 0) is 29.7 Å². The maximum Gasteiger partial charge on any atom is 0.237 e. The zero-order valence-electron chi connectivity index (χ0n) is 25.0. The van der Waals surface area contributed by atoms with Crippen LogP contribution in [0.2, 0.25) is 0 Å². The van der Waals surface area contributed by atoms with Crippen LogP contribution in [0.15, 0.2) is 79.0 Å². The molecule has 40 heavy (non-hydrogen) atoms.